The van der Waals surface area contributed by atoms with Crippen molar-refractivity contribution in [3.8, 4) is 0 Å². The highest BCUT2D eigenvalue weighted by Gasteiger charge is 2.18. The molecule has 0 unspecified atom stereocenters. The van der Waals surface area contributed by atoms with Gasteiger partial charge in [-0.15, -0.1) is 0 Å². The van der Waals surface area contributed by atoms with Gasteiger partial charge in [-0.25, -0.2) is 9.18 Å². The summed E-state index contributed by atoms with van der Waals surface area (Å²) in [5.74, 6) is -1.70. The summed E-state index contributed by atoms with van der Waals surface area (Å²) in [5.41, 5.74) is 0.228. The average molecular weight is 362 g/mol. The highest BCUT2D eigenvalue weighted by atomic mass is 19.1. The van der Waals surface area contributed by atoms with Crippen LogP contribution in [0.15, 0.2) is 35.1 Å². The molecule has 26 heavy (non-hydrogen) atoms. The normalized spacial score (nSPS) is 10.4. The average Bonchev–Trinajstić information content (AvgIpc) is 2.61. The third-order valence-electron chi connectivity index (χ3n) is 3.59. The lowest BCUT2D eigenvalue weighted by atomic mass is 10.1. The number of halogens is 1. The van der Waals surface area contributed by atoms with Gasteiger partial charge in [0.05, 0.1) is 12.2 Å². The minimum atomic E-state index is -0.664. The molecule has 1 amide bonds. The van der Waals surface area contributed by atoms with Crippen molar-refractivity contribution in [1.82, 2.24) is 10.3 Å². The van der Waals surface area contributed by atoms with Gasteiger partial charge in [0, 0.05) is 19.3 Å². The summed E-state index contributed by atoms with van der Waals surface area (Å²) in [7, 11) is 1.47. The Morgan fingerprint density at radius 3 is 2.50 bits per heavy atom. The van der Waals surface area contributed by atoms with Gasteiger partial charge in [0.1, 0.15) is 18.0 Å². The number of amides is 1. The number of aromatic nitrogens is 1. The topological polar surface area (TPSA) is 97.5 Å². The first kappa shape index (κ1) is 19.3. The molecule has 1 aromatic heterocycles. The zero-order chi connectivity index (χ0) is 19.1. The molecule has 2 aromatic rings. The molecule has 0 aliphatic rings. The Bertz CT molecular complexity index is 846. The van der Waals surface area contributed by atoms with Crippen LogP contribution in [-0.4, -0.2) is 37.2 Å². The van der Waals surface area contributed by atoms with Crippen LogP contribution in [0, 0.1) is 12.7 Å². The summed E-state index contributed by atoms with van der Waals surface area (Å²) >= 11 is 0. The standard InChI is InChI=1S/C18H19FN2O5/c1-11-14(18(24)26-8-7-25-2)9-15(17(23)21-11)16(22)20-10-12-3-5-13(19)6-4-12/h3-6,9H,7-8,10H2,1-2H3,(H,20,22)(H,21,23). The molecule has 0 fully saturated rings. The summed E-state index contributed by atoms with van der Waals surface area (Å²) in [5, 5.41) is 2.56. The SMILES string of the molecule is COCCOC(=O)c1cc(C(=O)NCc2ccc(F)cc2)c(=O)[nH]c1C. The van der Waals surface area contributed by atoms with Crippen LogP contribution >= 0.6 is 0 Å². The molecule has 0 radical (unpaired) electrons. The lowest BCUT2D eigenvalue weighted by Crippen LogP contribution is -2.30. The summed E-state index contributed by atoms with van der Waals surface area (Å²) in [6.07, 6.45) is 0. The second kappa shape index (κ2) is 8.91. The maximum absolute atomic E-state index is 12.9. The van der Waals surface area contributed by atoms with E-state index in [1.54, 1.807) is 0 Å². The zero-order valence-corrected chi connectivity index (χ0v) is 14.4. The quantitative estimate of drug-likeness (QED) is 0.575. The highest BCUT2D eigenvalue weighted by molar-refractivity contribution is 5.98. The highest BCUT2D eigenvalue weighted by Crippen LogP contribution is 2.08. The number of hydrogen-bond donors (Lipinski definition) is 2. The maximum atomic E-state index is 12.9. The molecule has 0 spiro atoms. The van der Waals surface area contributed by atoms with E-state index in [1.165, 1.54) is 44.4 Å². The van der Waals surface area contributed by atoms with Crippen LogP contribution in [-0.2, 0) is 16.0 Å². The van der Waals surface area contributed by atoms with Crippen LogP contribution in [0.4, 0.5) is 4.39 Å². The van der Waals surface area contributed by atoms with Gasteiger partial charge in [0.25, 0.3) is 11.5 Å². The molecule has 0 saturated heterocycles. The van der Waals surface area contributed by atoms with Crippen molar-refractivity contribution < 1.29 is 23.5 Å². The van der Waals surface area contributed by atoms with Crippen molar-refractivity contribution in [3.63, 3.8) is 0 Å². The molecule has 0 saturated carbocycles. The molecule has 138 valence electrons. The first-order valence-corrected chi connectivity index (χ1v) is 7.85. The number of rotatable bonds is 7. The second-order valence-corrected chi connectivity index (χ2v) is 5.49. The largest absolute Gasteiger partial charge is 0.460 e. The Kier molecular flexibility index (Phi) is 6.62. The van der Waals surface area contributed by atoms with Crippen LogP contribution in [0.3, 0.4) is 0 Å². The fourth-order valence-corrected chi connectivity index (χ4v) is 2.18. The summed E-state index contributed by atoms with van der Waals surface area (Å²) in [6.45, 7) is 1.94. The maximum Gasteiger partial charge on any atom is 0.340 e. The lowest BCUT2D eigenvalue weighted by Gasteiger charge is -2.09. The first-order chi connectivity index (χ1) is 12.4. The van der Waals surface area contributed by atoms with Gasteiger partial charge in [-0.05, 0) is 30.7 Å². The summed E-state index contributed by atoms with van der Waals surface area (Å²) in [6, 6.07) is 6.78. The minimum absolute atomic E-state index is 0.0556. The predicted octanol–water partition coefficient (Wildman–Crippen LogP) is 1.56. The number of carbonyl (C=O) groups excluding carboxylic acids is 2. The number of pyridine rings is 1. The molecule has 0 aliphatic carbocycles. The molecule has 2 N–H and O–H groups in total. The fraction of sp³-hybridized carbons (Fsp3) is 0.278. The molecule has 2 rings (SSSR count). The second-order valence-electron chi connectivity index (χ2n) is 5.49. The van der Waals surface area contributed by atoms with Gasteiger partial charge < -0.3 is 19.8 Å². The summed E-state index contributed by atoms with van der Waals surface area (Å²) < 4.78 is 22.7. The number of hydrogen-bond acceptors (Lipinski definition) is 5. The van der Waals surface area contributed by atoms with E-state index in [0.29, 0.717) is 11.3 Å². The first-order valence-electron chi connectivity index (χ1n) is 7.85. The molecular weight excluding hydrogens is 343 g/mol. The number of benzene rings is 1. The molecule has 7 nitrogen and oxygen atoms in total. The van der Waals surface area contributed by atoms with E-state index >= 15 is 0 Å². The van der Waals surface area contributed by atoms with Crippen molar-refractivity contribution in [1.29, 1.82) is 0 Å². The van der Waals surface area contributed by atoms with Gasteiger partial charge in [0.2, 0.25) is 0 Å². The number of esters is 1. The van der Waals surface area contributed by atoms with Gasteiger partial charge in [-0.1, -0.05) is 12.1 Å². The molecule has 0 bridgehead atoms. The predicted molar refractivity (Wildman–Crippen MR) is 91.5 cm³/mol. The van der Waals surface area contributed by atoms with Gasteiger partial charge in [-0.2, -0.15) is 0 Å². The van der Waals surface area contributed by atoms with E-state index in [-0.39, 0.29) is 36.7 Å². The Morgan fingerprint density at radius 1 is 1.15 bits per heavy atom. The fourth-order valence-electron chi connectivity index (χ4n) is 2.18. The number of aryl methyl sites for hydroxylation is 1. The molecular formula is C18H19FN2O5. The molecule has 0 atom stereocenters. The van der Waals surface area contributed by atoms with E-state index in [4.69, 9.17) is 9.47 Å². The van der Waals surface area contributed by atoms with Crippen LogP contribution < -0.4 is 10.9 Å². The Balaban J connectivity index is 2.13. The third-order valence-corrected chi connectivity index (χ3v) is 3.59. The number of methoxy groups -OCH3 is 1. The van der Waals surface area contributed by atoms with E-state index < -0.39 is 17.4 Å². The smallest absolute Gasteiger partial charge is 0.340 e. The monoisotopic (exact) mass is 362 g/mol. The Morgan fingerprint density at radius 2 is 1.85 bits per heavy atom. The van der Waals surface area contributed by atoms with Crippen LogP contribution in [0.2, 0.25) is 0 Å². The van der Waals surface area contributed by atoms with Gasteiger partial charge >= 0.3 is 5.97 Å². The van der Waals surface area contributed by atoms with Crippen molar-refractivity contribution in [2.75, 3.05) is 20.3 Å². The zero-order valence-electron chi connectivity index (χ0n) is 14.4. The Hall–Kier alpha value is -3.00. The van der Waals surface area contributed by atoms with Crippen molar-refractivity contribution >= 4 is 11.9 Å². The van der Waals surface area contributed by atoms with E-state index in [0.717, 1.165) is 0 Å². The molecule has 8 heteroatoms. The Labute approximate surface area is 149 Å². The molecule has 0 aliphatic heterocycles. The minimum Gasteiger partial charge on any atom is -0.460 e. The number of H-pyrrole nitrogens is 1. The van der Waals surface area contributed by atoms with Crippen molar-refractivity contribution in [3.05, 3.63) is 68.9 Å². The van der Waals surface area contributed by atoms with Crippen molar-refractivity contribution in [2.24, 2.45) is 0 Å². The molecule has 1 aromatic carbocycles. The lowest BCUT2D eigenvalue weighted by molar-refractivity contribution is 0.0386. The van der Waals surface area contributed by atoms with Crippen LogP contribution in [0.1, 0.15) is 32.0 Å². The number of ether oxygens (including phenoxy) is 2. The van der Waals surface area contributed by atoms with Gasteiger partial charge in [0.15, 0.2) is 0 Å². The third kappa shape index (κ3) is 5.00. The molecule has 1 heterocycles. The van der Waals surface area contributed by atoms with Gasteiger partial charge in [-0.3, -0.25) is 9.59 Å². The van der Waals surface area contributed by atoms with E-state index in [1.807, 2.05) is 0 Å². The summed E-state index contributed by atoms with van der Waals surface area (Å²) in [4.78, 5) is 38.8. The number of aromatic amines is 1. The van der Waals surface area contributed by atoms with E-state index in [2.05, 4.69) is 10.3 Å². The van der Waals surface area contributed by atoms with Crippen molar-refractivity contribution in [2.45, 2.75) is 13.5 Å². The number of carbonyl (C=O) groups is 2. The number of nitrogens with one attached hydrogen (secondary N) is 2. The van der Waals surface area contributed by atoms with Crippen LogP contribution in [0.25, 0.3) is 0 Å². The van der Waals surface area contributed by atoms with E-state index in [9.17, 15) is 18.8 Å². The van der Waals surface area contributed by atoms with Crippen LogP contribution in [0.5, 0.6) is 0 Å².